The first-order valence-corrected chi connectivity index (χ1v) is 7.93. The van der Waals surface area contributed by atoms with Crippen molar-refractivity contribution in [1.82, 2.24) is 15.1 Å². The Kier molecular flexibility index (Phi) is 6.05. The molecule has 114 valence electrons. The summed E-state index contributed by atoms with van der Waals surface area (Å²) in [5, 5.41) is 7.72. The van der Waals surface area contributed by atoms with E-state index in [0.717, 1.165) is 18.8 Å². The molecule has 1 aliphatic carbocycles. The van der Waals surface area contributed by atoms with Gasteiger partial charge in [-0.1, -0.05) is 19.3 Å². The summed E-state index contributed by atoms with van der Waals surface area (Å²) in [6.45, 7) is 0. The van der Waals surface area contributed by atoms with Crippen molar-refractivity contribution >= 4 is 0 Å². The lowest BCUT2D eigenvalue weighted by atomic mass is 9.81. The van der Waals surface area contributed by atoms with Crippen molar-refractivity contribution in [2.24, 2.45) is 13.0 Å². The lowest BCUT2D eigenvalue weighted by Gasteiger charge is -2.35. The average molecular weight is 279 g/mol. The number of ether oxygens (including phenoxy) is 1. The van der Waals surface area contributed by atoms with Gasteiger partial charge in [0, 0.05) is 32.1 Å². The molecule has 0 radical (unpaired) electrons. The van der Waals surface area contributed by atoms with Gasteiger partial charge in [-0.15, -0.1) is 0 Å². The van der Waals surface area contributed by atoms with Crippen molar-refractivity contribution in [3.8, 4) is 0 Å². The van der Waals surface area contributed by atoms with Gasteiger partial charge in [0.15, 0.2) is 0 Å². The summed E-state index contributed by atoms with van der Waals surface area (Å²) in [4.78, 5) is 0. The van der Waals surface area contributed by atoms with Crippen LogP contribution in [0.4, 0.5) is 0 Å². The van der Waals surface area contributed by atoms with Crippen molar-refractivity contribution in [1.29, 1.82) is 0 Å². The van der Waals surface area contributed by atoms with Gasteiger partial charge in [-0.25, -0.2) is 0 Å². The van der Waals surface area contributed by atoms with Gasteiger partial charge >= 0.3 is 0 Å². The molecular weight excluding hydrogens is 250 g/mol. The number of likely N-dealkylation sites (N-methyl/N-ethyl adjacent to an activating group) is 1. The maximum absolute atomic E-state index is 5.86. The molecule has 1 N–H and O–H groups in total. The lowest BCUT2D eigenvalue weighted by molar-refractivity contribution is 0.00798. The van der Waals surface area contributed by atoms with Crippen LogP contribution < -0.4 is 5.32 Å². The molecule has 1 saturated carbocycles. The first-order valence-electron chi connectivity index (χ1n) is 7.93. The highest BCUT2D eigenvalue weighted by Crippen LogP contribution is 2.30. The standard InChI is InChI=1S/C16H29N3O/c1-17-15(10-9-14-11-12-18-19(14)2)16(20-3)13-7-5-4-6-8-13/h11-13,15-17H,4-10H2,1-3H3. The Morgan fingerprint density at radius 1 is 1.40 bits per heavy atom. The van der Waals surface area contributed by atoms with Crippen molar-refractivity contribution in [2.45, 2.75) is 57.1 Å². The SMILES string of the molecule is CNC(CCc1ccnn1C)C(OC)C1CCCCC1. The maximum atomic E-state index is 5.86. The fraction of sp³-hybridized carbons (Fsp3) is 0.812. The van der Waals surface area contributed by atoms with E-state index in [1.807, 2.05) is 25.0 Å². The highest BCUT2D eigenvalue weighted by molar-refractivity contribution is 5.01. The summed E-state index contributed by atoms with van der Waals surface area (Å²) < 4.78 is 7.83. The number of nitrogens with one attached hydrogen (secondary N) is 1. The molecule has 2 atom stereocenters. The van der Waals surface area contributed by atoms with Crippen LogP contribution in [-0.4, -0.2) is 36.1 Å². The van der Waals surface area contributed by atoms with Crippen LogP contribution in [-0.2, 0) is 18.2 Å². The lowest BCUT2D eigenvalue weighted by Crippen LogP contribution is -2.44. The number of aromatic nitrogens is 2. The van der Waals surface area contributed by atoms with E-state index in [0.29, 0.717) is 12.1 Å². The minimum atomic E-state index is 0.341. The van der Waals surface area contributed by atoms with Crippen molar-refractivity contribution < 1.29 is 4.74 Å². The smallest absolute Gasteiger partial charge is 0.0752 e. The normalized spacial score (nSPS) is 19.9. The summed E-state index contributed by atoms with van der Waals surface area (Å²) >= 11 is 0. The molecule has 0 bridgehead atoms. The third kappa shape index (κ3) is 3.83. The molecule has 4 nitrogen and oxygen atoms in total. The molecule has 0 aromatic carbocycles. The van der Waals surface area contributed by atoms with Crippen LogP contribution in [0, 0.1) is 5.92 Å². The minimum absolute atomic E-state index is 0.341. The topological polar surface area (TPSA) is 39.1 Å². The van der Waals surface area contributed by atoms with Gasteiger partial charge in [0.2, 0.25) is 0 Å². The molecule has 2 unspecified atom stereocenters. The number of aryl methyl sites for hydroxylation is 2. The molecule has 0 amide bonds. The zero-order valence-electron chi connectivity index (χ0n) is 13.1. The molecule has 1 aromatic heterocycles. The Hall–Kier alpha value is -0.870. The Morgan fingerprint density at radius 2 is 2.15 bits per heavy atom. The van der Waals surface area contributed by atoms with Crippen LogP contribution >= 0.6 is 0 Å². The largest absolute Gasteiger partial charge is 0.380 e. The molecule has 1 aromatic rings. The molecular formula is C16H29N3O. The van der Waals surface area contributed by atoms with E-state index in [4.69, 9.17) is 4.74 Å². The summed E-state index contributed by atoms with van der Waals surface area (Å²) in [5.41, 5.74) is 1.30. The summed E-state index contributed by atoms with van der Waals surface area (Å²) in [6.07, 6.45) is 11.1. The Labute approximate surface area is 122 Å². The van der Waals surface area contributed by atoms with Crippen molar-refractivity contribution in [2.75, 3.05) is 14.2 Å². The molecule has 1 fully saturated rings. The first-order chi connectivity index (χ1) is 9.76. The van der Waals surface area contributed by atoms with Crippen LogP contribution in [0.1, 0.15) is 44.2 Å². The predicted octanol–water partition coefficient (Wildman–Crippen LogP) is 2.54. The third-order valence-electron chi connectivity index (χ3n) is 4.79. The van der Waals surface area contributed by atoms with Crippen LogP contribution in [0.5, 0.6) is 0 Å². The van der Waals surface area contributed by atoms with Gasteiger partial charge in [-0.2, -0.15) is 5.10 Å². The van der Waals surface area contributed by atoms with Crippen LogP contribution in [0.2, 0.25) is 0 Å². The van der Waals surface area contributed by atoms with Gasteiger partial charge in [-0.3, -0.25) is 4.68 Å². The van der Waals surface area contributed by atoms with Gasteiger partial charge in [0.05, 0.1) is 6.10 Å². The average Bonchev–Trinajstić information content (AvgIpc) is 2.90. The second-order valence-corrected chi connectivity index (χ2v) is 5.98. The minimum Gasteiger partial charge on any atom is -0.380 e. The second-order valence-electron chi connectivity index (χ2n) is 5.98. The maximum Gasteiger partial charge on any atom is 0.0752 e. The summed E-state index contributed by atoms with van der Waals surface area (Å²) in [6, 6.07) is 2.53. The van der Waals surface area contributed by atoms with E-state index in [1.165, 1.54) is 37.8 Å². The van der Waals surface area contributed by atoms with Gasteiger partial charge in [-0.05, 0) is 44.7 Å². The molecule has 0 aliphatic heterocycles. The molecule has 4 heteroatoms. The third-order valence-corrected chi connectivity index (χ3v) is 4.79. The van der Waals surface area contributed by atoms with E-state index in [1.54, 1.807) is 0 Å². The van der Waals surface area contributed by atoms with E-state index in [-0.39, 0.29) is 0 Å². The van der Waals surface area contributed by atoms with Gasteiger partial charge in [0.1, 0.15) is 0 Å². The predicted molar refractivity (Wildman–Crippen MR) is 81.7 cm³/mol. The quantitative estimate of drug-likeness (QED) is 0.833. The monoisotopic (exact) mass is 279 g/mol. The number of rotatable bonds is 7. The summed E-state index contributed by atoms with van der Waals surface area (Å²) in [5.74, 6) is 0.720. The van der Waals surface area contributed by atoms with Crippen molar-refractivity contribution in [3.63, 3.8) is 0 Å². The van der Waals surface area contributed by atoms with Gasteiger partial charge in [0.25, 0.3) is 0 Å². The fourth-order valence-electron chi connectivity index (χ4n) is 3.57. The molecule has 0 spiro atoms. The molecule has 1 heterocycles. The zero-order valence-corrected chi connectivity index (χ0v) is 13.1. The Bertz CT molecular complexity index is 385. The van der Waals surface area contributed by atoms with Crippen LogP contribution in [0.25, 0.3) is 0 Å². The number of methoxy groups -OCH3 is 1. The van der Waals surface area contributed by atoms with Gasteiger partial charge < -0.3 is 10.1 Å². The number of hydrogen-bond acceptors (Lipinski definition) is 3. The van der Waals surface area contributed by atoms with Crippen LogP contribution in [0.15, 0.2) is 12.3 Å². The number of nitrogens with zero attached hydrogens (tertiary/aromatic N) is 2. The highest BCUT2D eigenvalue weighted by Gasteiger charge is 2.29. The second kappa shape index (κ2) is 7.79. The zero-order chi connectivity index (χ0) is 14.4. The van der Waals surface area contributed by atoms with E-state index in [2.05, 4.69) is 23.5 Å². The molecule has 1 aliphatic rings. The van der Waals surface area contributed by atoms with E-state index in [9.17, 15) is 0 Å². The first kappa shape index (κ1) is 15.5. The number of hydrogen-bond donors (Lipinski definition) is 1. The molecule has 2 rings (SSSR count). The van der Waals surface area contributed by atoms with E-state index >= 15 is 0 Å². The fourth-order valence-corrected chi connectivity index (χ4v) is 3.57. The Balaban J connectivity index is 1.92. The van der Waals surface area contributed by atoms with E-state index < -0.39 is 0 Å². The van der Waals surface area contributed by atoms with Crippen molar-refractivity contribution in [3.05, 3.63) is 18.0 Å². The Morgan fingerprint density at radius 3 is 2.70 bits per heavy atom. The molecule has 20 heavy (non-hydrogen) atoms. The summed E-state index contributed by atoms with van der Waals surface area (Å²) in [7, 11) is 5.94. The van der Waals surface area contributed by atoms with Crippen LogP contribution in [0.3, 0.4) is 0 Å². The highest BCUT2D eigenvalue weighted by atomic mass is 16.5. The molecule has 0 saturated heterocycles.